The molecule has 4 aromatic carbocycles. The van der Waals surface area contributed by atoms with Gasteiger partial charge in [-0.1, -0.05) is 0 Å². The van der Waals surface area contributed by atoms with E-state index < -0.39 is 33.5 Å². The van der Waals surface area contributed by atoms with E-state index in [1.807, 2.05) is 0 Å². The lowest BCUT2D eigenvalue weighted by Gasteiger charge is -2.13. The van der Waals surface area contributed by atoms with Gasteiger partial charge in [-0.25, -0.2) is 18.2 Å². The van der Waals surface area contributed by atoms with Crippen molar-refractivity contribution in [2.75, 3.05) is 9.80 Å². The second-order valence-electron chi connectivity index (χ2n) is 8.84. The first-order valence-corrected chi connectivity index (χ1v) is 12.9. The van der Waals surface area contributed by atoms with E-state index in [2.05, 4.69) is 0 Å². The molecule has 0 radical (unpaired) electrons. The number of hydrogen-bond acceptors (Lipinski definition) is 8. The van der Waals surface area contributed by atoms with E-state index >= 15 is 0 Å². The van der Waals surface area contributed by atoms with Crippen LogP contribution in [-0.4, -0.2) is 42.3 Å². The maximum absolute atomic E-state index is 13.5. The van der Waals surface area contributed by atoms with Crippen molar-refractivity contribution in [1.29, 1.82) is 0 Å². The maximum atomic E-state index is 13.5. The Morgan fingerprint density at radius 1 is 0.462 bits per heavy atom. The van der Waals surface area contributed by atoms with Crippen molar-refractivity contribution in [3.8, 4) is 11.5 Å². The molecule has 0 atom stereocenters. The predicted octanol–water partition coefficient (Wildman–Crippen LogP) is 3.53. The number of aromatic hydroxyl groups is 2. The number of carbonyl (C=O) groups is 4. The standard InChI is InChI=1S/C28H16N2O8S/c31-17-5-1-15(2-6-17)29-25(33)21-11-9-19(13-23(21)27(29)35)39(37,38)20-10-12-22-24(14-20)28(36)30(26(22)34)16-3-7-18(32)8-4-16/h1-14,31-32H. The molecule has 2 heterocycles. The Labute approximate surface area is 220 Å². The van der Waals surface area contributed by atoms with Gasteiger partial charge >= 0.3 is 0 Å². The van der Waals surface area contributed by atoms with Gasteiger partial charge in [0.25, 0.3) is 23.6 Å². The molecule has 6 rings (SSSR count). The third kappa shape index (κ3) is 3.59. The second kappa shape index (κ2) is 8.36. The molecular weight excluding hydrogens is 524 g/mol. The largest absolute Gasteiger partial charge is 0.508 e. The first kappa shape index (κ1) is 24.1. The molecule has 11 heteroatoms. The van der Waals surface area contributed by atoms with E-state index in [4.69, 9.17) is 0 Å². The number of sulfone groups is 1. The molecule has 0 saturated carbocycles. The van der Waals surface area contributed by atoms with E-state index in [0.29, 0.717) is 0 Å². The Balaban J connectivity index is 1.36. The number of nitrogens with zero attached hydrogens (tertiary/aromatic N) is 2. The molecule has 2 aliphatic heterocycles. The third-order valence-corrected chi connectivity index (χ3v) is 8.30. The van der Waals surface area contributed by atoms with Crippen LogP contribution in [0.4, 0.5) is 11.4 Å². The molecule has 0 bridgehead atoms. The van der Waals surface area contributed by atoms with Crippen LogP contribution < -0.4 is 9.80 Å². The number of imide groups is 2. The van der Waals surface area contributed by atoms with Crippen molar-refractivity contribution in [3.63, 3.8) is 0 Å². The van der Waals surface area contributed by atoms with Gasteiger partial charge in [-0.05, 0) is 84.9 Å². The minimum Gasteiger partial charge on any atom is -0.508 e. The summed E-state index contributed by atoms with van der Waals surface area (Å²) in [6.07, 6.45) is 0. The van der Waals surface area contributed by atoms with Crippen LogP contribution in [0.25, 0.3) is 0 Å². The van der Waals surface area contributed by atoms with Gasteiger partial charge in [-0.2, -0.15) is 0 Å². The monoisotopic (exact) mass is 540 g/mol. The number of rotatable bonds is 4. The zero-order valence-electron chi connectivity index (χ0n) is 19.7. The number of fused-ring (bicyclic) bond motifs is 2. The minimum atomic E-state index is -4.27. The molecule has 4 aromatic rings. The molecule has 0 unspecified atom stereocenters. The van der Waals surface area contributed by atoms with Crippen molar-refractivity contribution in [2.24, 2.45) is 0 Å². The molecule has 2 N–H and O–H groups in total. The molecule has 2 aliphatic rings. The van der Waals surface area contributed by atoms with Crippen molar-refractivity contribution in [2.45, 2.75) is 9.79 Å². The molecule has 0 fully saturated rings. The Morgan fingerprint density at radius 2 is 0.795 bits per heavy atom. The summed E-state index contributed by atoms with van der Waals surface area (Å²) in [6.45, 7) is 0. The van der Waals surface area contributed by atoms with Gasteiger partial charge in [-0.15, -0.1) is 0 Å². The number of amides is 4. The smallest absolute Gasteiger partial charge is 0.266 e. The van der Waals surface area contributed by atoms with Gasteiger partial charge in [0, 0.05) is 0 Å². The highest BCUT2D eigenvalue weighted by atomic mass is 32.2. The van der Waals surface area contributed by atoms with E-state index in [1.165, 1.54) is 72.8 Å². The highest BCUT2D eigenvalue weighted by molar-refractivity contribution is 7.91. The fourth-order valence-corrected chi connectivity index (χ4v) is 5.90. The number of phenols is 2. The van der Waals surface area contributed by atoms with Crippen LogP contribution >= 0.6 is 0 Å². The maximum Gasteiger partial charge on any atom is 0.266 e. The second-order valence-corrected chi connectivity index (χ2v) is 10.8. The van der Waals surface area contributed by atoms with Crippen molar-refractivity contribution >= 4 is 44.8 Å². The van der Waals surface area contributed by atoms with Crippen molar-refractivity contribution in [3.05, 3.63) is 107 Å². The van der Waals surface area contributed by atoms with Crippen LogP contribution in [0.15, 0.2) is 94.7 Å². The number of hydrogen-bond donors (Lipinski definition) is 2. The van der Waals surface area contributed by atoms with Gasteiger partial charge in [0.15, 0.2) is 0 Å². The van der Waals surface area contributed by atoms with E-state index in [-0.39, 0.29) is 54.9 Å². The Hall–Kier alpha value is -5.29. The number of phenolic OH excluding ortho intramolecular Hbond substituents is 2. The lowest BCUT2D eigenvalue weighted by molar-refractivity contribution is 0.0910. The summed E-state index contributed by atoms with van der Waals surface area (Å²) in [7, 11) is -4.27. The van der Waals surface area contributed by atoms with Crippen LogP contribution in [0.3, 0.4) is 0 Å². The predicted molar refractivity (Wildman–Crippen MR) is 137 cm³/mol. The zero-order chi connectivity index (χ0) is 27.6. The molecule has 0 aromatic heterocycles. The fraction of sp³-hybridized carbons (Fsp3) is 0. The van der Waals surface area contributed by atoms with Crippen LogP contribution in [0, 0.1) is 0 Å². The Morgan fingerprint density at radius 3 is 1.15 bits per heavy atom. The van der Waals surface area contributed by atoms with E-state index in [9.17, 15) is 37.8 Å². The number of benzene rings is 4. The summed E-state index contributed by atoms with van der Waals surface area (Å²) in [4.78, 5) is 53.2. The molecule has 0 aliphatic carbocycles. The summed E-state index contributed by atoms with van der Waals surface area (Å²) < 4.78 is 27.0. The summed E-state index contributed by atoms with van der Waals surface area (Å²) in [6, 6.07) is 17.9. The number of carbonyl (C=O) groups excluding carboxylic acids is 4. The van der Waals surface area contributed by atoms with Gasteiger partial charge in [0.05, 0.1) is 43.4 Å². The van der Waals surface area contributed by atoms with Crippen LogP contribution in [0.5, 0.6) is 11.5 Å². The lowest BCUT2D eigenvalue weighted by Crippen LogP contribution is -2.29. The molecule has 0 spiro atoms. The topological polar surface area (TPSA) is 149 Å². The van der Waals surface area contributed by atoms with Gasteiger partial charge in [0.1, 0.15) is 11.5 Å². The Kier molecular flexibility index (Phi) is 5.16. The SMILES string of the molecule is O=C1c2ccc(S(=O)(=O)c3ccc4c(c3)C(=O)N(c3ccc(O)cc3)C4=O)cc2C(=O)N1c1ccc(O)cc1. The molecular formula is C28H16N2O8S. The summed E-state index contributed by atoms with van der Waals surface area (Å²) >= 11 is 0. The average molecular weight is 541 g/mol. The highest BCUT2D eigenvalue weighted by Crippen LogP contribution is 2.35. The molecule has 0 saturated heterocycles. The fourth-order valence-electron chi connectivity index (χ4n) is 4.58. The van der Waals surface area contributed by atoms with Gasteiger partial charge in [-0.3, -0.25) is 19.2 Å². The quantitative estimate of drug-likeness (QED) is 0.374. The van der Waals surface area contributed by atoms with Crippen LogP contribution in [0.1, 0.15) is 41.4 Å². The molecule has 39 heavy (non-hydrogen) atoms. The Bertz CT molecular complexity index is 1730. The number of anilines is 2. The summed E-state index contributed by atoms with van der Waals surface area (Å²) in [5.74, 6) is -2.83. The minimum absolute atomic E-state index is 0.0197. The molecule has 10 nitrogen and oxygen atoms in total. The van der Waals surface area contributed by atoms with Crippen LogP contribution in [0.2, 0.25) is 0 Å². The highest BCUT2D eigenvalue weighted by Gasteiger charge is 2.40. The van der Waals surface area contributed by atoms with Crippen LogP contribution in [-0.2, 0) is 9.84 Å². The lowest BCUT2D eigenvalue weighted by atomic mass is 10.1. The van der Waals surface area contributed by atoms with E-state index in [1.54, 1.807) is 0 Å². The van der Waals surface area contributed by atoms with Crippen molar-refractivity contribution < 1.29 is 37.8 Å². The zero-order valence-corrected chi connectivity index (χ0v) is 20.5. The third-order valence-electron chi connectivity index (χ3n) is 6.55. The van der Waals surface area contributed by atoms with Gasteiger partial charge in [0.2, 0.25) is 9.84 Å². The first-order chi connectivity index (χ1) is 18.6. The van der Waals surface area contributed by atoms with Crippen molar-refractivity contribution in [1.82, 2.24) is 0 Å². The van der Waals surface area contributed by atoms with Gasteiger partial charge < -0.3 is 10.2 Å². The van der Waals surface area contributed by atoms with E-state index in [0.717, 1.165) is 21.9 Å². The molecule has 4 amide bonds. The summed E-state index contributed by atoms with van der Waals surface area (Å²) in [5, 5.41) is 19.0. The normalized spacial score (nSPS) is 14.7. The first-order valence-electron chi connectivity index (χ1n) is 11.5. The summed E-state index contributed by atoms with van der Waals surface area (Å²) in [5.41, 5.74) is 0.240. The molecule has 192 valence electrons. The average Bonchev–Trinajstić information content (AvgIpc) is 3.33.